The minimum atomic E-state index is -3.86. The SMILES string of the molecule is CC1CCN(C(=O)C2CCCN2S(=O)(=O)c2ccc([N+](=O)[O-])cc2)CC1. The standard InChI is InChI=1S/C17H23N3O5S/c1-13-8-11-18(12-9-13)17(21)16-3-2-10-19(16)26(24,25)15-6-4-14(5-7-15)20(22)23/h4-7,13,16H,2-3,8-12H2,1H3. The van der Waals surface area contributed by atoms with Crippen molar-refractivity contribution in [1.29, 1.82) is 0 Å². The molecule has 1 atom stereocenters. The molecule has 0 bridgehead atoms. The quantitative estimate of drug-likeness (QED) is 0.586. The van der Waals surface area contributed by atoms with E-state index in [0.717, 1.165) is 12.8 Å². The summed E-state index contributed by atoms with van der Waals surface area (Å²) in [5, 5.41) is 10.8. The van der Waals surface area contributed by atoms with Gasteiger partial charge in [-0.3, -0.25) is 14.9 Å². The van der Waals surface area contributed by atoms with E-state index in [2.05, 4.69) is 6.92 Å². The predicted molar refractivity (Wildman–Crippen MR) is 95.0 cm³/mol. The van der Waals surface area contributed by atoms with E-state index in [-0.39, 0.29) is 16.5 Å². The Morgan fingerprint density at radius 1 is 1.12 bits per heavy atom. The summed E-state index contributed by atoms with van der Waals surface area (Å²) in [7, 11) is -3.86. The molecule has 1 aromatic rings. The van der Waals surface area contributed by atoms with Crippen LogP contribution in [-0.4, -0.2) is 54.1 Å². The molecule has 0 radical (unpaired) electrons. The molecule has 0 spiro atoms. The maximum Gasteiger partial charge on any atom is 0.269 e. The first-order chi connectivity index (χ1) is 12.3. The van der Waals surface area contributed by atoms with E-state index in [1.54, 1.807) is 4.90 Å². The second-order valence-corrected chi connectivity index (χ2v) is 8.92. The van der Waals surface area contributed by atoms with Crippen molar-refractivity contribution in [2.75, 3.05) is 19.6 Å². The van der Waals surface area contributed by atoms with Gasteiger partial charge in [0.25, 0.3) is 5.69 Å². The van der Waals surface area contributed by atoms with E-state index < -0.39 is 21.0 Å². The lowest BCUT2D eigenvalue weighted by molar-refractivity contribution is -0.384. The highest BCUT2D eigenvalue weighted by Crippen LogP contribution is 2.29. The lowest BCUT2D eigenvalue weighted by Gasteiger charge is -2.34. The first kappa shape index (κ1) is 18.8. The van der Waals surface area contributed by atoms with Crippen molar-refractivity contribution in [3.05, 3.63) is 34.4 Å². The van der Waals surface area contributed by atoms with Gasteiger partial charge in [0.2, 0.25) is 15.9 Å². The predicted octanol–water partition coefficient (Wildman–Crippen LogP) is 2.01. The number of hydrogen-bond donors (Lipinski definition) is 0. The van der Waals surface area contributed by atoms with Gasteiger partial charge in [0.05, 0.1) is 9.82 Å². The second-order valence-electron chi connectivity index (χ2n) is 7.03. The Kier molecular flexibility index (Phi) is 5.29. The third-order valence-electron chi connectivity index (χ3n) is 5.24. The Bertz CT molecular complexity index is 785. The third-order valence-corrected chi connectivity index (χ3v) is 7.16. The number of likely N-dealkylation sites (tertiary alicyclic amines) is 1. The van der Waals surface area contributed by atoms with Gasteiger partial charge >= 0.3 is 0 Å². The number of nitro benzene ring substituents is 1. The molecular weight excluding hydrogens is 358 g/mol. The summed E-state index contributed by atoms with van der Waals surface area (Å²) in [6.07, 6.45) is 3.02. The fourth-order valence-electron chi connectivity index (χ4n) is 3.59. The molecule has 3 rings (SSSR count). The van der Waals surface area contributed by atoms with E-state index in [4.69, 9.17) is 0 Å². The van der Waals surface area contributed by atoms with Crippen LogP contribution in [-0.2, 0) is 14.8 Å². The van der Waals surface area contributed by atoms with Crippen LogP contribution < -0.4 is 0 Å². The van der Waals surface area contributed by atoms with Crippen LogP contribution in [0.15, 0.2) is 29.2 Å². The molecule has 9 heteroatoms. The summed E-state index contributed by atoms with van der Waals surface area (Å²) in [6.45, 7) is 3.78. The number of piperidine rings is 1. The van der Waals surface area contributed by atoms with Crippen LogP contribution in [0.25, 0.3) is 0 Å². The Morgan fingerprint density at radius 2 is 1.73 bits per heavy atom. The first-order valence-corrected chi connectivity index (χ1v) is 10.3. The van der Waals surface area contributed by atoms with Crippen LogP contribution in [0.3, 0.4) is 0 Å². The van der Waals surface area contributed by atoms with E-state index in [1.165, 1.54) is 28.6 Å². The Labute approximate surface area is 153 Å². The van der Waals surface area contributed by atoms with E-state index in [9.17, 15) is 23.3 Å². The molecule has 2 aliphatic rings. The molecule has 2 saturated heterocycles. The number of hydrogen-bond acceptors (Lipinski definition) is 5. The summed E-state index contributed by atoms with van der Waals surface area (Å²) in [5.74, 6) is 0.461. The molecule has 142 valence electrons. The lowest BCUT2D eigenvalue weighted by atomic mass is 9.98. The molecule has 0 aliphatic carbocycles. The number of nitrogens with zero attached hydrogens (tertiary/aromatic N) is 3. The molecule has 1 unspecified atom stereocenters. The molecule has 2 aliphatic heterocycles. The Morgan fingerprint density at radius 3 is 2.31 bits per heavy atom. The Balaban J connectivity index is 1.80. The molecule has 1 amide bonds. The fourth-order valence-corrected chi connectivity index (χ4v) is 5.24. The van der Waals surface area contributed by atoms with Gasteiger partial charge in [-0.1, -0.05) is 6.92 Å². The molecule has 2 fully saturated rings. The van der Waals surface area contributed by atoms with Crippen molar-refractivity contribution < 1.29 is 18.1 Å². The van der Waals surface area contributed by atoms with E-state index in [0.29, 0.717) is 38.4 Å². The molecule has 2 heterocycles. The van der Waals surface area contributed by atoms with E-state index in [1.807, 2.05) is 0 Å². The minimum Gasteiger partial charge on any atom is -0.341 e. The number of non-ortho nitro benzene ring substituents is 1. The number of sulfonamides is 1. The zero-order valence-corrected chi connectivity index (χ0v) is 15.5. The van der Waals surface area contributed by atoms with Gasteiger partial charge in [-0.05, 0) is 43.7 Å². The van der Waals surface area contributed by atoms with Crippen molar-refractivity contribution >= 4 is 21.6 Å². The number of benzene rings is 1. The summed E-state index contributed by atoms with van der Waals surface area (Å²) in [5.41, 5.74) is -0.166. The van der Waals surface area contributed by atoms with Crippen molar-refractivity contribution in [2.24, 2.45) is 5.92 Å². The molecule has 0 aromatic heterocycles. The highest BCUT2D eigenvalue weighted by Gasteiger charge is 2.41. The van der Waals surface area contributed by atoms with Gasteiger partial charge in [-0.15, -0.1) is 0 Å². The maximum atomic E-state index is 13.0. The van der Waals surface area contributed by atoms with Crippen LogP contribution in [0.1, 0.15) is 32.6 Å². The Hall–Kier alpha value is -2.00. The fraction of sp³-hybridized carbons (Fsp3) is 0.588. The summed E-state index contributed by atoms with van der Waals surface area (Å²) < 4.78 is 27.2. The van der Waals surface area contributed by atoms with Gasteiger partial charge < -0.3 is 4.90 Å². The van der Waals surface area contributed by atoms with Gasteiger partial charge in [0.15, 0.2) is 0 Å². The molecular formula is C17H23N3O5S. The molecule has 0 saturated carbocycles. The number of carbonyl (C=O) groups is 1. The van der Waals surface area contributed by atoms with Gasteiger partial charge in [0.1, 0.15) is 6.04 Å². The molecule has 0 N–H and O–H groups in total. The van der Waals surface area contributed by atoms with Gasteiger partial charge in [0, 0.05) is 31.8 Å². The summed E-state index contributed by atoms with van der Waals surface area (Å²) in [6, 6.07) is 4.13. The van der Waals surface area contributed by atoms with E-state index >= 15 is 0 Å². The summed E-state index contributed by atoms with van der Waals surface area (Å²) >= 11 is 0. The zero-order chi connectivity index (χ0) is 18.9. The van der Waals surface area contributed by atoms with Gasteiger partial charge in [-0.2, -0.15) is 4.31 Å². The number of rotatable bonds is 4. The molecule has 26 heavy (non-hydrogen) atoms. The third kappa shape index (κ3) is 3.59. The number of amides is 1. The second kappa shape index (κ2) is 7.32. The van der Waals surface area contributed by atoms with Crippen LogP contribution in [0.4, 0.5) is 5.69 Å². The number of carbonyl (C=O) groups excluding carboxylic acids is 1. The monoisotopic (exact) mass is 381 g/mol. The highest BCUT2D eigenvalue weighted by atomic mass is 32.2. The van der Waals surface area contributed by atoms with Crippen LogP contribution >= 0.6 is 0 Å². The average molecular weight is 381 g/mol. The number of nitro groups is 1. The van der Waals surface area contributed by atoms with Gasteiger partial charge in [-0.25, -0.2) is 8.42 Å². The van der Waals surface area contributed by atoms with Crippen LogP contribution in [0.2, 0.25) is 0 Å². The first-order valence-electron chi connectivity index (χ1n) is 8.86. The lowest BCUT2D eigenvalue weighted by Crippen LogP contribution is -2.49. The average Bonchev–Trinajstić information content (AvgIpc) is 3.12. The topological polar surface area (TPSA) is 101 Å². The van der Waals surface area contributed by atoms with Crippen molar-refractivity contribution in [2.45, 2.75) is 43.5 Å². The molecule has 8 nitrogen and oxygen atoms in total. The van der Waals surface area contributed by atoms with Crippen molar-refractivity contribution in [1.82, 2.24) is 9.21 Å². The van der Waals surface area contributed by atoms with Crippen molar-refractivity contribution in [3.8, 4) is 0 Å². The molecule has 1 aromatic carbocycles. The largest absolute Gasteiger partial charge is 0.341 e. The smallest absolute Gasteiger partial charge is 0.269 e. The zero-order valence-electron chi connectivity index (χ0n) is 14.7. The highest BCUT2D eigenvalue weighted by molar-refractivity contribution is 7.89. The maximum absolute atomic E-state index is 13.0. The summed E-state index contributed by atoms with van der Waals surface area (Å²) in [4.78, 5) is 24.8. The normalized spacial score (nSPS) is 22.5. The van der Waals surface area contributed by atoms with Crippen LogP contribution in [0.5, 0.6) is 0 Å². The minimum absolute atomic E-state index is 0.0185. The van der Waals surface area contributed by atoms with Crippen molar-refractivity contribution in [3.63, 3.8) is 0 Å². The van der Waals surface area contributed by atoms with Crippen LogP contribution in [0, 0.1) is 16.0 Å².